The maximum Gasteiger partial charge on any atom is 0.0468 e. The van der Waals surface area contributed by atoms with Gasteiger partial charge in [0.25, 0.3) is 0 Å². The van der Waals surface area contributed by atoms with E-state index in [1.54, 1.807) is 0 Å². The minimum atomic E-state index is 0.250. The van der Waals surface area contributed by atoms with Crippen LogP contribution in [0.4, 0.5) is 0 Å². The van der Waals surface area contributed by atoms with E-state index < -0.39 is 0 Å². The summed E-state index contributed by atoms with van der Waals surface area (Å²) in [6, 6.07) is 0. The fourth-order valence-corrected chi connectivity index (χ4v) is 4.44. The second kappa shape index (κ2) is 7.97. The Labute approximate surface area is 132 Å². The lowest BCUT2D eigenvalue weighted by atomic mass is 9.66. The van der Waals surface area contributed by atoms with E-state index >= 15 is 0 Å². The molecule has 3 unspecified atom stereocenters. The largest absolute Gasteiger partial charge is 0.381 e. The molecule has 0 amide bonds. The number of hydrogen-bond donors (Lipinski definition) is 1. The molecule has 0 bridgehead atoms. The van der Waals surface area contributed by atoms with Crippen LogP contribution >= 0.6 is 0 Å². The number of hydrogen-bond acceptors (Lipinski definition) is 2. The highest BCUT2D eigenvalue weighted by Gasteiger charge is 2.36. The molecule has 1 N–H and O–H groups in total. The molecular formula is C19H37NO. The van der Waals surface area contributed by atoms with Crippen LogP contribution in [-0.2, 0) is 4.74 Å². The molecule has 1 heterocycles. The van der Waals surface area contributed by atoms with Crippen LogP contribution in [0.25, 0.3) is 0 Å². The van der Waals surface area contributed by atoms with Crippen molar-refractivity contribution in [2.75, 3.05) is 19.8 Å². The monoisotopic (exact) mass is 295 g/mol. The normalized spacial score (nSPS) is 32.3. The molecular weight excluding hydrogens is 258 g/mol. The van der Waals surface area contributed by atoms with Crippen molar-refractivity contribution in [3.05, 3.63) is 0 Å². The van der Waals surface area contributed by atoms with Gasteiger partial charge >= 0.3 is 0 Å². The summed E-state index contributed by atoms with van der Waals surface area (Å²) < 4.78 is 5.60. The van der Waals surface area contributed by atoms with E-state index in [1.165, 1.54) is 51.5 Å². The number of ether oxygens (including phenoxy) is 1. The smallest absolute Gasteiger partial charge is 0.0468 e. The van der Waals surface area contributed by atoms with Crippen molar-refractivity contribution in [1.29, 1.82) is 0 Å². The zero-order chi connectivity index (χ0) is 15.3. The van der Waals surface area contributed by atoms with Gasteiger partial charge in [-0.1, -0.05) is 26.2 Å². The molecule has 3 atom stereocenters. The molecule has 0 spiro atoms. The van der Waals surface area contributed by atoms with Crippen LogP contribution < -0.4 is 5.32 Å². The third kappa shape index (κ3) is 5.56. The number of rotatable bonds is 5. The summed E-state index contributed by atoms with van der Waals surface area (Å²) in [6.45, 7) is 12.4. The van der Waals surface area contributed by atoms with Gasteiger partial charge in [0.05, 0.1) is 0 Å². The Bertz CT molecular complexity index is 290. The first kappa shape index (κ1) is 17.3. The summed E-state index contributed by atoms with van der Waals surface area (Å²) in [5.74, 6) is 3.74. The Morgan fingerprint density at radius 1 is 1.05 bits per heavy atom. The van der Waals surface area contributed by atoms with Crippen LogP contribution in [0.15, 0.2) is 0 Å². The lowest BCUT2D eigenvalue weighted by molar-refractivity contribution is 0.0124. The first-order chi connectivity index (χ1) is 9.99. The van der Waals surface area contributed by atoms with Crippen molar-refractivity contribution < 1.29 is 4.74 Å². The molecule has 0 radical (unpaired) electrons. The average Bonchev–Trinajstić information content (AvgIpc) is 2.46. The highest BCUT2D eigenvalue weighted by atomic mass is 16.5. The van der Waals surface area contributed by atoms with Gasteiger partial charge in [-0.3, -0.25) is 0 Å². The third-order valence-electron chi connectivity index (χ3n) is 5.62. The molecule has 2 heteroatoms. The molecule has 0 aromatic heterocycles. The van der Waals surface area contributed by atoms with E-state index in [0.29, 0.717) is 0 Å². The molecule has 2 fully saturated rings. The van der Waals surface area contributed by atoms with Crippen molar-refractivity contribution in [3.8, 4) is 0 Å². The molecule has 1 aliphatic carbocycles. The molecule has 0 aromatic rings. The van der Waals surface area contributed by atoms with Crippen LogP contribution in [0.3, 0.4) is 0 Å². The van der Waals surface area contributed by atoms with Crippen molar-refractivity contribution in [1.82, 2.24) is 5.32 Å². The van der Waals surface area contributed by atoms with Gasteiger partial charge in [-0.15, -0.1) is 0 Å². The van der Waals surface area contributed by atoms with Gasteiger partial charge in [0.15, 0.2) is 0 Å². The van der Waals surface area contributed by atoms with Gasteiger partial charge in [-0.2, -0.15) is 0 Å². The zero-order valence-electron chi connectivity index (χ0n) is 14.8. The molecule has 0 aromatic carbocycles. The van der Waals surface area contributed by atoms with Crippen molar-refractivity contribution in [3.63, 3.8) is 0 Å². The summed E-state index contributed by atoms with van der Waals surface area (Å²) in [6.07, 6.45) is 9.79. The van der Waals surface area contributed by atoms with Gasteiger partial charge in [0, 0.05) is 18.8 Å². The second-order valence-electron chi connectivity index (χ2n) is 8.47. The Balaban J connectivity index is 1.95. The summed E-state index contributed by atoms with van der Waals surface area (Å²) in [5.41, 5.74) is 0.250. The highest BCUT2D eigenvalue weighted by Crippen LogP contribution is 2.42. The van der Waals surface area contributed by atoms with E-state index in [0.717, 1.165) is 36.9 Å². The van der Waals surface area contributed by atoms with Gasteiger partial charge in [0.1, 0.15) is 0 Å². The Morgan fingerprint density at radius 3 is 2.38 bits per heavy atom. The predicted octanol–water partition coefficient (Wildman–Crippen LogP) is 4.63. The molecule has 2 rings (SSSR count). The van der Waals surface area contributed by atoms with E-state index in [2.05, 4.69) is 33.0 Å². The quantitative estimate of drug-likeness (QED) is 0.798. The summed E-state index contributed by atoms with van der Waals surface area (Å²) in [4.78, 5) is 0. The number of nitrogens with one attached hydrogen (secondary N) is 1. The predicted molar refractivity (Wildman–Crippen MR) is 90.5 cm³/mol. The Hall–Kier alpha value is -0.0800. The summed E-state index contributed by atoms with van der Waals surface area (Å²) in [5, 5.41) is 3.78. The lowest BCUT2D eigenvalue weighted by Gasteiger charge is -2.43. The molecule has 1 saturated carbocycles. The molecule has 21 heavy (non-hydrogen) atoms. The molecule has 1 aliphatic heterocycles. The first-order valence-electron chi connectivity index (χ1n) is 9.32. The topological polar surface area (TPSA) is 21.3 Å². The molecule has 2 aliphatic rings. The minimum Gasteiger partial charge on any atom is -0.381 e. The summed E-state index contributed by atoms with van der Waals surface area (Å²) in [7, 11) is 0. The SMILES string of the molecule is CCCC1CCC(CNC(C)(C)C)C(C2CCOCC2)C1. The fraction of sp³-hybridized carbons (Fsp3) is 1.00. The van der Waals surface area contributed by atoms with Crippen LogP contribution in [0.2, 0.25) is 0 Å². The van der Waals surface area contributed by atoms with Crippen molar-refractivity contribution in [2.24, 2.45) is 23.7 Å². The molecule has 124 valence electrons. The van der Waals surface area contributed by atoms with Gasteiger partial charge in [-0.05, 0) is 76.7 Å². The maximum absolute atomic E-state index is 5.60. The highest BCUT2D eigenvalue weighted by molar-refractivity contribution is 4.87. The first-order valence-corrected chi connectivity index (χ1v) is 9.32. The van der Waals surface area contributed by atoms with Gasteiger partial charge in [-0.25, -0.2) is 0 Å². The standard InChI is InChI=1S/C19H37NO/c1-5-6-15-7-8-17(14-20-19(2,3)4)18(13-15)16-9-11-21-12-10-16/h15-18,20H,5-14H2,1-4H3. The maximum atomic E-state index is 5.60. The van der Waals surface area contributed by atoms with Gasteiger partial charge < -0.3 is 10.1 Å². The second-order valence-corrected chi connectivity index (χ2v) is 8.47. The van der Waals surface area contributed by atoms with E-state index in [1.807, 2.05) is 0 Å². The Kier molecular flexibility index (Phi) is 6.55. The van der Waals surface area contributed by atoms with Crippen molar-refractivity contribution in [2.45, 2.75) is 78.2 Å². The Morgan fingerprint density at radius 2 is 1.76 bits per heavy atom. The van der Waals surface area contributed by atoms with E-state index in [-0.39, 0.29) is 5.54 Å². The molecule has 1 saturated heterocycles. The van der Waals surface area contributed by atoms with Gasteiger partial charge in [0.2, 0.25) is 0 Å². The average molecular weight is 296 g/mol. The summed E-state index contributed by atoms with van der Waals surface area (Å²) >= 11 is 0. The lowest BCUT2D eigenvalue weighted by Crippen LogP contribution is -2.44. The fourth-order valence-electron chi connectivity index (χ4n) is 4.44. The van der Waals surface area contributed by atoms with Crippen LogP contribution in [0.5, 0.6) is 0 Å². The van der Waals surface area contributed by atoms with Crippen LogP contribution in [0, 0.1) is 23.7 Å². The van der Waals surface area contributed by atoms with E-state index in [9.17, 15) is 0 Å². The van der Waals surface area contributed by atoms with E-state index in [4.69, 9.17) is 4.74 Å². The minimum absolute atomic E-state index is 0.250. The third-order valence-corrected chi connectivity index (χ3v) is 5.62. The zero-order valence-corrected chi connectivity index (χ0v) is 14.8. The van der Waals surface area contributed by atoms with Crippen LogP contribution in [0.1, 0.15) is 72.6 Å². The molecule has 2 nitrogen and oxygen atoms in total. The van der Waals surface area contributed by atoms with Crippen molar-refractivity contribution >= 4 is 0 Å². The van der Waals surface area contributed by atoms with Crippen LogP contribution in [-0.4, -0.2) is 25.3 Å².